The maximum atomic E-state index is 14.7. The minimum Gasteiger partial charge on any atom is -0.465 e. The van der Waals surface area contributed by atoms with Crippen LogP contribution in [0.1, 0.15) is 69.4 Å². The summed E-state index contributed by atoms with van der Waals surface area (Å²) in [4.78, 5) is 46.0. The minimum atomic E-state index is -1.11. The fraction of sp³-hybridized carbons (Fsp3) is 0.606. The van der Waals surface area contributed by atoms with Gasteiger partial charge >= 0.3 is 5.97 Å². The van der Waals surface area contributed by atoms with Crippen LogP contribution in [0, 0.1) is 25.7 Å². The average molecular weight is 567 g/mol. The number of carbonyl (C=O) groups excluding carboxylic acids is 3. The van der Waals surface area contributed by atoms with Crippen molar-refractivity contribution in [3.63, 3.8) is 0 Å². The van der Waals surface area contributed by atoms with Crippen molar-refractivity contribution in [3.05, 3.63) is 54.6 Å². The standard InChI is InChI=1S/C33H46N2O6/c1-6-9-13-21-40-31(39)27-26-29(37)35(19-11-10-12-20-36)28(33(26)17-16-32(27,8-3)41-33)30(38)34(18-7-2)25-22-23(4)14-15-24(25)5/h6-7,14-15,22,26-28,36H,1-2,8-13,16-21H2,3-5H3/t26-,27-,28?,32+,33?/m0/s1. The number of allylic oxidation sites excluding steroid dienone is 1. The van der Waals surface area contributed by atoms with E-state index >= 15 is 0 Å². The quantitative estimate of drug-likeness (QED) is 0.189. The molecule has 3 heterocycles. The zero-order valence-electron chi connectivity index (χ0n) is 24.9. The lowest BCUT2D eigenvalue weighted by Crippen LogP contribution is -2.56. The lowest BCUT2D eigenvalue weighted by Gasteiger charge is -2.37. The number of rotatable bonds is 15. The van der Waals surface area contributed by atoms with E-state index in [4.69, 9.17) is 9.47 Å². The van der Waals surface area contributed by atoms with Crippen LogP contribution in [-0.4, -0.2) is 71.3 Å². The third kappa shape index (κ3) is 5.48. The molecule has 0 aromatic heterocycles. The first-order valence-corrected chi connectivity index (χ1v) is 15.1. The third-order valence-corrected chi connectivity index (χ3v) is 9.26. The zero-order valence-corrected chi connectivity index (χ0v) is 24.9. The molecule has 8 heteroatoms. The summed E-state index contributed by atoms with van der Waals surface area (Å²) >= 11 is 0. The van der Waals surface area contributed by atoms with E-state index in [1.165, 1.54) is 0 Å². The summed E-state index contributed by atoms with van der Waals surface area (Å²) in [7, 11) is 0. The Bertz CT molecular complexity index is 1170. The summed E-state index contributed by atoms with van der Waals surface area (Å²) in [5.41, 5.74) is 0.803. The highest BCUT2D eigenvalue weighted by molar-refractivity contribution is 6.05. The number of fused-ring (bicyclic) bond motifs is 1. The number of unbranched alkanes of at least 4 members (excludes halogenated alkanes) is 3. The van der Waals surface area contributed by atoms with Gasteiger partial charge in [0.25, 0.3) is 5.91 Å². The van der Waals surface area contributed by atoms with E-state index in [0.29, 0.717) is 45.1 Å². The SMILES string of the molecule is C=CCCCOC(=O)[C@@H]1[C@H]2C(=O)N(CCCCCO)C(C(=O)N(CC=C)c3cc(C)ccc3C)C23CC[C@@]1(CC)O3. The van der Waals surface area contributed by atoms with E-state index in [9.17, 15) is 19.5 Å². The number of hydrogen-bond acceptors (Lipinski definition) is 6. The number of aryl methyl sites for hydroxylation is 2. The van der Waals surface area contributed by atoms with Gasteiger partial charge in [-0.15, -0.1) is 13.2 Å². The van der Waals surface area contributed by atoms with Gasteiger partial charge in [-0.2, -0.15) is 0 Å². The number of esters is 1. The Morgan fingerprint density at radius 1 is 1.17 bits per heavy atom. The average Bonchev–Trinajstić information content (AvgIpc) is 3.56. The highest BCUT2D eigenvalue weighted by Gasteiger charge is 2.79. The number of nitrogens with zero attached hydrogens (tertiary/aromatic N) is 2. The van der Waals surface area contributed by atoms with Crippen LogP contribution in [0.3, 0.4) is 0 Å². The summed E-state index contributed by atoms with van der Waals surface area (Å²) in [5.74, 6) is -2.39. The Morgan fingerprint density at radius 2 is 1.95 bits per heavy atom. The highest BCUT2D eigenvalue weighted by atomic mass is 16.6. The smallest absolute Gasteiger partial charge is 0.312 e. The molecular weight excluding hydrogens is 520 g/mol. The van der Waals surface area contributed by atoms with Crippen molar-refractivity contribution in [2.45, 2.75) is 89.4 Å². The van der Waals surface area contributed by atoms with Gasteiger partial charge in [0, 0.05) is 25.4 Å². The first-order valence-electron chi connectivity index (χ1n) is 15.1. The molecule has 8 nitrogen and oxygen atoms in total. The number of aliphatic hydroxyl groups is 1. The van der Waals surface area contributed by atoms with Crippen molar-refractivity contribution in [1.82, 2.24) is 4.90 Å². The van der Waals surface area contributed by atoms with Gasteiger partial charge in [0.2, 0.25) is 5.91 Å². The molecule has 3 saturated heterocycles. The molecular formula is C33H46N2O6. The Labute approximate surface area is 244 Å². The van der Waals surface area contributed by atoms with Crippen LogP contribution in [0.15, 0.2) is 43.5 Å². The van der Waals surface area contributed by atoms with Crippen molar-refractivity contribution in [2.75, 3.05) is 31.2 Å². The molecule has 5 atom stereocenters. The molecule has 0 saturated carbocycles. The van der Waals surface area contributed by atoms with Crippen LogP contribution in [0.2, 0.25) is 0 Å². The Balaban J connectivity index is 1.76. The zero-order chi connectivity index (χ0) is 29.8. The first-order chi connectivity index (χ1) is 19.7. The van der Waals surface area contributed by atoms with E-state index in [-0.39, 0.29) is 31.6 Å². The number of carbonyl (C=O) groups is 3. The molecule has 2 bridgehead atoms. The van der Waals surface area contributed by atoms with Crippen LogP contribution >= 0.6 is 0 Å². The van der Waals surface area contributed by atoms with E-state index in [1.807, 2.05) is 39.0 Å². The van der Waals surface area contributed by atoms with Gasteiger partial charge in [0.1, 0.15) is 17.6 Å². The molecule has 224 valence electrons. The predicted octanol–water partition coefficient (Wildman–Crippen LogP) is 4.65. The van der Waals surface area contributed by atoms with E-state index in [1.54, 1.807) is 22.0 Å². The largest absolute Gasteiger partial charge is 0.465 e. The number of hydrogen-bond donors (Lipinski definition) is 1. The van der Waals surface area contributed by atoms with Crippen LogP contribution in [0.4, 0.5) is 5.69 Å². The second kappa shape index (κ2) is 12.9. The number of aliphatic hydroxyl groups excluding tert-OH is 1. The van der Waals surface area contributed by atoms with Crippen molar-refractivity contribution >= 4 is 23.5 Å². The lowest BCUT2D eigenvalue weighted by atomic mass is 9.65. The molecule has 1 N–H and O–H groups in total. The fourth-order valence-electron chi connectivity index (χ4n) is 7.25. The maximum absolute atomic E-state index is 14.7. The summed E-state index contributed by atoms with van der Waals surface area (Å²) in [5, 5.41) is 9.30. The van der Waals surface area contributed by atoms with Crippen LogP contribution in [-0.2, 0) is 23.9 Å². The van der Waals surface area contributed by atoms with E-state index in [2.05, 4.69) is 13.2 Å². The fourth-order valence-corrected chi connectivity index (χ4v) is 7.25. The molecule has 1 spiro atoms. The maximum Gasteiger partial charge on any atom is 0.312 e. The van der Waals surface area contributed by atoms with Gasteiger partial charge in [-0.05, 0) is 82.4 Å². The first kappa shape index (κ1) is 31.0. The molecule has 4 rings (SSSR count). The molecule has 0 radical (unpaired) electrons. The van der Waals surface area contributed by atoms with Crippen LogP contribution < -0.4 is 4.90 Å². The van der Waals surface area contributed by atoms with Crippen molar-refractivity contribution in [3.8, 4) is 0 Å². The third-order valence-electron chi connectivity index (χ3n) is 9.26. The molecule has 3 fully saturated rings. The summed E-state index contributed by atoms with van der Waals surface area (Å²) in [6.07, 6.45) is 8.52. The summed E-state index contributed by atoms with van der Waals surface area (Å²) in [6.45, 7) is 14.5. The number of benzene rings is 1. The van der Waals surface area contributed by atoms with Crippen molar-refractivity contribution in [1.29, 1.82) is 0 Å². The van der Waals surface area contributed by atoms with Gasteiger partial charge < -0.3 is 24.4 Å². The Kier molecular flexibility index (Phi) is 9.75. The van der Waals surface area contributed by atoms with Crippen LogP contribution in [0.5, 0.6) is 0 Å². The topological polar surface area (TPSA) is 96.4 Å². The molecule has 1 aromatic carbocycles. The molecule has 3 aliphatic rings. The van der Waals surface area contributed by atoms with E-state index < -0.39 is 35.0 Å². The minimum absolute atomic E-state index is 0.0739. The highest BCUT2D eigenvalue weighted by Crippen LogP contribution is 2.64. The van der Waals surface area contributed by atoms with Crippen molar-refractivity contribution in [2.24, 2.45) is 11.8 Å². The monoisotopic (exact) mass is 566 g/mol. The van der Waals surface area contributed by atoms with Gasteiger partial charge in [-0.25, -0.2) is 0 Å². The number of amides is 2. The number of anilines is 1. The lowest BCUT2D eigenvalue weighted by molar-refractivity contribution is -0.161. The van der Waals surface area contributed by atoms with Gasteiger partial charge in [0.15, 0.2) is 0 Å². The van der Waals surface area contributed by atoms with Gasteiger partial charge in [-0.1, -0.05) is 31.2 Å². The molecule has 41 heavy (non-hydrogen) atoms. The Morgan fingerprint density at radius 3 is 2.63 bits per heavy atom. The molecule has 2 amide bonds. The predicted molar refractivity (Wildman–Crippen MR) is 158 cm³/mol. The molecule has 0 aliphatic carbocycles. The normalized spacial score (nSPS) is 28.0. The number of ether oxygens (including phenoxy) is 2. The van der Waals surface area contributed by atoms with Crippen LogP contribution in [0.25, 0.3) is 0 Å². The summed E-state index contributed by atoms with van der Waals surface area (Å²) < 4.78 is 12.6. The van der Waals surface area contributed by atoms with E-state index in [0.717, 1.165) is 29.7 Å². The van der Waals surface area contributed by atoms with Gasteiger partial charge in [-0.3, -0.25) is 14.4 Å². The Hall–Kier alpha value is -2.97. The summed E-state index contributed by atoms with van der Waals surface area (Å²) in [6, 6.07) is 5.11. The van der Waals surface area contributed by atoms with Crippen molar-refractivity contribution < 1.29 is 29.0 Å². The number of likely N-dealkylation sites (tertiary alicyclic amines) is 1. The molecule has 2 unspecified atom stereocenters. The molecule has 3 aliphatic heterocycles. The van der Waals surface area contributed by atoms with Gasteiger partial charge in [0.05, 0.1) is 18.1 Å². The second-order valence-corrected chi connectivity index (χ2v) is 11.8. The molecule has 1 aromatic rings. The second-order valence-electron chi connectivity index (χ2n) is 11.8.